The van der Waals surface area contributed by atoms with Crippen molar-refractivity contribution < 1.29 is 19.4 Å². The summed E-state index contributed by atoms with van der Waals surface area (Å²) >= 11 is 0. The molecule has 0 aliphatic carbocycles. The molecule has 0 spiro atoms. The summed E-state index contributed by atoms with van der Waals surface area (Å²) < 4.78 is 5.70. The third-order valence-electron chi connectivity index (χ3n) is 3.43. The van der Waals surface area contributed by atoms with Crippen molar-refractivity contribution in [2.45, 2.75) is 19.8 Å². The van der Waals surface area contributed by atoms with Gasteiger partial charge >= 0.3 is 5.97 Å². The molecule has 0 unspecified atom stereocenters. The molecule has 2 aromatic carbocycles. The number of Topliss-reactive ketones (excluding diaryl/α,β-unsaturated/α-hetero) is 1. The number of hydrogen-bond donors (Lipinski definition) is 1. The van der Waals surface area contributed by atoms with E-state index in [1.807, 2.05) is 54.6 Å². The predicted molar refractivity (Wildman–Crippen MR) is 83.1 cm³/mol. The van der Waals surface area contributed by atoms with E-state index in [9.17, 15) is 9.59 Å². The summed E-state index contributed by atoms with van der Waals surface area (Å²) in [6, 6.07) is 17.1. The lowest BCUT2D eigenvalue weighted by atomic mass is 9.97. The number of ether oxygens (including phenoxy) is 1. The number of carboxylic acid groups (broad SMARTS) is 1. The van der Waals surface area contributed by atoms with Crippen LogP contribution in [-0.2, 0) is 16.0 Å². The summed E-state index contributed by atoms with van der Waals surface area (Å²) in [5.41, 5.74) is 1.05. The van der Waals surface area contributed by atoms with Crippen LogP contribution in [0.5, 0.6) is 11.5 Å². The highest BCUT2D eigenvalue weighted by atomic mass is 16.5. The highest BCUT2D eigenvalue weighted by Crippen LogP contribution is 2.22. The van der Waals surface area contributed by atoms with Gasteiger partial charge in [-0.2, -0.15) is 0 Å². The number of carbonyl (C=O) groups excluding carboxylic acids is 1. The lowest BCUT2D eigenvalue weighted by Crippen LogP contribution is -2.21. The Morgan fingerprint density at radius 3 is 2.18 bits per heavy atom. The van der Waals surface area contributed by atoms with Gasteiger partial charge in [0.1, 0.15) is 11.5 Å². The maximum atomic E-state index is 11.3. The van der Waals surface area contributed by atoms with Crippen molar-refractivity contribution >= 4 is 11.8 Å². The molecule has 0 heterocycles. The molecule has 0 saturated carbocycles. The largest absolute Gasteiger partial charge is 0.475 e. The Kier molecular flexibility index (Phi) is 5.31. The monoisotopic (exact) mass is 298 g/mol. The minimum Gasteiger partial charge on any atom is -0.475 e. The van der Waals surface area contributed by atoms with Crippen LogP contribution < -0.4 is 4.74 Å². The van der Waals surface area contributed by atoms with Crippen molar-refractivity contribution in [3.8, 4) is 11.5 Å². The van der Waals surface area contributed by atoms with Crippen LogP contribution in [-0.4, -0.2) is 16.9 Å². The van der Waals surface area contributed by atoms with E-state index >= 15 is 0 Å². The molecule has 0 aromatic heterocycles. The second-order valence-corrected chi connectivity index (χ2v) is 5.17. The van der Waals surface area contributed by atoms with Gasteiger partial charge in [-0.3, -0.25) is 4.79 Å². The molecule has 0 radical (unpaired) electrons. The van der Waals surface area contributed by atoms with Crippen LogP contribution in [0, 0.1) is 5.92 Å². The molecule has 4 nitrogen and oxygen atoms in total. The van der Waals surface area contributed by atoms with Crippen molar-refractivity contribution in [2.24, 2.45) is 5.92 Å². The lowest BCUT2D eigenvalue weighted by molar-refractivity contribution is -0.150. The summed E-state index contributed by atoms with van der Waals surface area (Å²) in [7, 11) is 0. The fourth-order valence-electron chi connectivity index (χ4n) is 2.07. The Hall–Kier alpha value is -2.62. The molecule has 0 fully saturated rings. The Morgan fingerprint density at radius 1 is 1.00 bits per heavy atom. The smallest absolute Gasteiger partial charge is 0.372 e. The molecule has 0 bridgehead atoms. The van der Waals surface area contributed by atoms with Crippen LogP contribution in [0.3, 0.4) is 0 Å². The number of rotatable bonds is 7. The highest BCUT2D eigenvalue weighted by molar-refractivity contribution is 6.33. The van der Waals surface area contributed by atoms with Gasteiger partial charge in [-0.05, 0) is 42.7 Å². The zero-order valence-electron chi connectivity index (χ0n) is 12.4. The fraction of sp³-hybridized carbons (Fsp3) is 0.222. The molecule has 0 aliphatic rings. The first kappa shape index (κ1) is 15.8. The minimum absolute atomic E-state index is 0.474. The number of aryl methyl sites for hydroxylation is 1. The summed E-state index contributed by atoms with van der Waals surface area (Å²) in [4.78, 5) is 21.9. The molecule has 0 aliphatic heterocycles. The van der Waals surface area contributed by atoms with E-state index in [0.29, 0.717) is 12.8 Å². The van der Waals surface area contributed by atoms with Crippen LogP contribution in [0.4, 0.5) is 0 Å². The van der Waals surface area contributed by atoms with Crippen molar-refractivity contribution in [2.75, 3.05) is 0 Å². The number of carboxylic acids is 1. The molecule has 114 valence electrons. The van der Waals surface area contributed by atoms with Gasteiger partial charge in [-0.25, -0.2) is 4.79 Å². The first-order valence-electron chi connectivity index (χ1n) is 7.15. The molecular formula is C18H18O4. The fourth-order valence-corrected chi connectivity index (χ4v) is 2.07. The standard InChI is InChI=1S/C18H18O4/c1-13(17(19)18(20)21)7-8-14-9-11-16(12-10-14)22-15-5-3-2-4-6-15/h2-6,9-13H,7-8H2,1H3,(H,20,21)/t13-/m0/s1. The quantitative estimate of drug-likeness (QED) is 0.792. The summed E-state index contributed by atoms with van der Waals surface area (Å²) in [6.45, 7) is 1.64. The zero-order chi connectivity index (χ0) is 15.9. The van der Waals surface area contributed by atoms with Crippen LogP contribution >= 0.6 is 0 Å². The van der Waals surface area contributed by atoms with Crippen LogP contribution in [0.2, 0.25) is 0 Å². The number of benzene rings is 2. The van der Waals surface area contributed by atoms with Gasteiger partial charge in [-0.1, -0.05) is 37.3 Å². The zero-order valence-corrected chi connectivity index (χ0v) is 12.4. The second-order valence-electron chi connectivity index (χ2n) is 5.17. The lowest BCUT2D eigenvalue weighted by Gasteiger charge is -2.09. The van der Waals surface area contributed by atoms with Gasteiger partial charge in [0.05, 0.1) is 0 Å². The van der Waals surface area contributed by atoms with Crippen molar-refractivity contribution in [1.29, 1.82) is 0 Å². The summed E-state index contributed by atoms with van der Waals surface area (Å²) in [5, 5.41) is 8.66. The topological polar surface area (TPSA) is 63.6 Å². The van der Waals surface area contributed by atoms with E-state index in [-0.39, 0.29) is 0 Å². The van der Waals surface area contributed by atoms with Gasteiger partial charge in [0.15, 0.2) is 0 Å². The minimum atomic E-state index is -1.36. The van der Waals surface area contributed by atoms with Crippen LogP contribution in [0.25, 0.3) is 0 Å². The van der Waals surface area contributed by atoms with Crippen molar-refractivity contribution in [1.82, 2.24) is 0 Å². The third kappa shape index (κ3) is 4.45. The first-order valence-corrected chi connectivity index (χ1v) is 7.15. The van der Waals surface area contributed by atoms with Crippen molar-refractivity contribution in [3.63, 3.8) is 0 Å². The van der Waals surface area contributed by atoms with E-state index in [1.165, 1.54) is 0 Å². The Bertz CT molecular complexity index is 632. The van der Waals surface area contributed by atoms with Crippen molar-refractivity contribution in [3.05, 3.63) is 60.2 Å². The molecule has 1 N–H and O–H groups in total. The van der Waals surface area contributed by atoms with Gasteiger partial charge < -0.3 is 9.84 Å². The second kappa shape index (κ2) is 7.41. The normalized spacial score (nSPS) is 11.7. The molecular weight excluding hydrogens is 280 g/mol. The Labute approximate surface area is 129 Å². The number of ketones is 1. The number of para-hydroxylation sites is 1. The molecule has 2 aromatic rings. The van der Waals surface area contributed by atoms with Gasteiger partial charge in [-0.15, -0.1) is 0 Å². The van der Waals surface area contributed by atoms with Crippen LogP contribution in [0.15, 0.2) is 54.6 Å². The Morgan fingerprint density at radius 2 is 1.59 bits per heavy atom. The average molecular weight is 298 g/mol. The average Bonchev–Trinajstić information content (AvgIpc) is 2.54. The van der Waals surface area contributed by atoms with Gasteiger partial charge in [0, 0.05) is 5.92 Å². The molecule has 2 rings (SSSR count). The molecule has 0 saturated heterocycles. The first-order chi connectivity index (χ1) is 10.6. The maximum absolute atomic E-state index is 11.3. The molecule has 22 heavy (non-hydrogen) atoms. The van der Waals surface area contributed by atoms with E-state index in [1.54, 1.807) is 6.92 Å². The van der Waals surface area contributed by atoms with Gasteiger partial charge in [0.25, 0.3) is 0 Å². The predicted octanol–water partition coefficient (Wildman–Crippen LogP) is 3.70. The maximum Gasteiger partial charge on any atom is 0.372 e. The highest BCUT2D eigenvalue weighted by Gasteiger charge is 2.19. The summed E-state index contributed by atoms with van der Waals surface area (Å²) in [6.07, 6.45) is 1.18. The molecule has 0 amide bonds. The number of aliphatic carboxylic acids is 1. The molecule has 4 heteroatoms. The van der Waals surface area contributed by atoms with Gasteiger partial charge in [0.2, 0.25) is 5.78 Å². The van der Waals surface area contributed by atoms with E-state index < -0.39 is 17.7 Å². The molecule has 1 atom stereocenters. The third-order valence-corrected chi connectivity index (χ3v) is 3.43. The number of hydrogen-bond acceptors (Lipinski definition) is 3. The van der Waals surface area contributed by atoms with E-state index in [0.717, 1.165) is 17.1 Å². The van der Waals surface area contributed by atoms with E-state index in [4.69, 9.17) is 9.84 Å². The SMILES string of the molecule is C[C@@H](CCc1ccc(Oc2ccccc2)cc1)C(=O)C(=O)O. The van der Waals surface area contributed by atoms with Crippen LogP contribution in [0.1, 0.15) is 18.9 Å². The Balaban J connectivity index is 1.89. The number of carbonyl (C=O) groups is 2. The van der Waals surface area contributed by atoms with E-state index in [2.05, 4.69) is 0 Å². The summed E-state index contributed by atoms with van der Waals surface area (Å²) in [5.74, 6) is -1.05.